The Labute approximate surface area is 139 Å². The van der Waals surface area contributed by atoms with Crippen molar-refractivity contribution >= 4 is 26.7 Å². The standard InChI is InChI=1S/C16H19N3O4S/c1-24(22,23)19-8-4-6-12(10-19)17-16(21)14-9-11-5-2-3-7-13(11)15(20)18-14/h2-3,5,7,9,12H,4,6,8,10H2,1H3,(H,17,21)(H,18,20)/t12-/m0/s1. The number of hydrogen-bond acceptors (Lipinski definition) is 4. The van der Waals surface area contributed by atoms with Crippen LogP contribution in [0.3, 0.4) is 0 Å². The van der Waals surface area contributed by atoms with Crippen LogP contribution in [0.4, 0.5) is 0 Å². The molecule has 7 nitrogen and oxygen atoms in total. The second kappa shape index (κ2) is 6.37. The number of sulfonamides is 1. The summed E-state index contributed by atoms with van der Waals surface area (Å²) < 4.78 is 24.7. The molecule has 0 saturated carbocycles. The fourth-order valence-electron chi connectivity index (χ4n) is 2.96. The average molecular weight is 349 g/mol. The number of fused-ring (bicyclic) bond motifs is 1. The fraction of sp³-hybridized carbons (Fsp3) is 0.375. The Morgan fingerprint density at radius 3 is 2.83 bits per heavy atom. The molecule has 2 aromatic rings. The van der Waals surface area contributed by atoms with E-state index in [2.05, 4.69) is 10.3 Å². The van der Waals surface area contributed by atoms with Crippen molar-refractivity contribution in [1.29, 1.82) is 0 Å². The van der Waals surface area contributed by atoms with Crippen molar-refractivity contribution in [2.24, 2.45) is 0 Å². The molecular weight excluding hydrogens is 330 g/mol. The van der Waals surface area contributed by atoms with Gasteiger partial charge < -0.3 is 10.3 Å². The highest BCUT2D eigenvalue weighted by molar-refractivity contribution is 7.88. The van der Waals surface area contributed by atoms with Crippen LogP contribution in [0.1, 0.15) is 23.3 Å². The van der Waals surface area contributed by atoms with Gasteiger partial charge in [0.25, 0.3) is 11.5 Å². The Kier molecular flexibility index (Phi) is 4.42. The van der Waals surface area contributed by atoms with Gasteiger partial charge in [-0.3, -0.25) is 9.59 Å². The van der Waals surface area contributed by atoms with E-state index in [1.165, 1.54) is 4.31 Å². The van der Waals surface area contributed by atoms with Gasteiger partial charge in [-0.15, -0.1) is 0 Å². The lowest BCUT2D eigenvalue weighted by atomic mass is 10.1. The molecule has 8 heteroatoms. The lowest BCUT2D eigenvalue weighted by Gasteiger charge is -2.31. The van der Waals surface area contributed by atoms with Gasteiger partial charge in [0.05, 0.1) is 6.26 Å². The Morgan fingerprint density at radius 1 is 1.33 bits per heavy atom. The molecule has 0 radical (unpaired) electrons. The third kappa shape index (κ3) is 3.49. The highest BCUT2D eigenvalue weighted by Gasteiger charge is 2.27. The minimum Gasteiger partial charge on any atom is -0.347 e. The molecule has 0 unspecified atom stereocenters. The number of H-pyrrole nitrogens is 1. The molecule has 1 fully saturated rings. The van der Waals surface area contributed by atoms with E-state index in [1.54, 1.807) is 30.3 Å². The summed E-state index contributed by atoms with van der Waals surface area (Å²) in [5.41, 5.74) is -0.144. The molecule has 2 heterocycles. The Morgan fingerprint density at radius 2 is 2.08 bits per heavy atom. The largest absolute Gasteiger partial charge is 0.347 e. The first-order chi connectivity index (χ1) is 11.3. The second-order valence-corrected chi connectivity index (χ2v) is 8.02. The fourth-order valence-corrected chi connectivity index (χ4v) is 3.87. The molecule has 128 valence electrons. The highest BCUT2D eigenvalue weighted by Crippen LogP contribution is 2.14. The lowest BCUT2D eigenvalue weighted by Crippen LogP contribution is -2.49. The van der Waals surface area contributed by atoms with Gasteiger partial charge in [0.1, 0.15) is 5.69 Å². The van der Waals surface area contributed by atoms with Gasteiger partial charge in [-0.2, -0.15) is 0 Å². The molecular formula is C16H19N3O4S. The van der Waals surface area contributed by atoms with Crippen LogP contribution in [0.15, 0.2) is 35.1 Å². The summed E-state index contributed by atoms with van der Waals surface area (Å²) in [6.07, 6.45) is 2.56. The van der Waals surface area contributed by atoms with E-state index < -0.39 is 15.9 Å². The van der Waals surface area contributed by atoms with E-state index >= 15 is 0 Å². The smallest absolute Gasteiger partial charge is 0.268 e. The number of hydrogen-bond donors (Lipinski definition) is 2. The zero-order chi connectivity index (χ0) is 17.3. The SMILES string of the molecule is CS(=O)(=O)N1CCC[C@H](NC(=O)c2cc3ccccc3c(=O)[nH]2)C1. The summed E-state index contributed by atoms with van der Waals surface area (Å²) in [6.45, 7) is 0.723. The van der Waals surface area contributed by atoms with E-state index in [0.29, 0.717) is 30.2 Å². The van der Waals surface area contributed by atoms with E-state index in [0.717, 1.165) is 6.26 Å². The van der Waals surface area contributed by atoms with Crippen molar-refractivity contribution in [3.63, 3.8) is 0 Å². The van der Waals surface area contributed by atoms with E-state index in [-0.39, 0.29) is 23.8 Å². The normalized spacial score (nSPS) is 19.3. The van der Waals surface area contributed by atoms with Crippen molar-refractivity contribution in [3.05, 3.63) is 46.4 Å². The van der Waals surface area contributed by atoms with Crippen molar-refractivity contribution < 1.29 is 13.2 Å². The van der Waals surface area contributed by atoms with E-state index in [9.17, 15) is 18.0 Å². The first-order valence-electron chi connectivity index (χ1n) is 7.72. The molecule has 1 aromatic carbocycles. The number of amides is 1. The van der Waals surface area contributed by atoms with Crippen molar-refractivity contribution in [2.75, 3.05) is 19.3 Å². The van der Waals surface area contributed by atoms with Gasteiger partial charge in [0.15, 0.2) is 0 Å². The van der Waals surface area contributed by atoms with Crippen molar-refractivity contribution in [2.45, 2.75) is 18.9 Å². The number of nitrogens with one attached hydrogen (secondary N) is 2. The Bertz CT molecular complexity index is 936. The van der Waals surface area contributed by atoms with E-state index in [1.807, 2.05) is 0 Å². The predicted octanol–water partition coefficient (Wildman–Crippen LogP) is 0.682. The second-order valence-electron chi connectivity index (χ2n) is 6.03. The maximum absolute atomic E-state index is 12.4. The number of carbonyl (C=O) groups is 1. The van der Waals surface area contributed by atoms with Crippen LogP contribution in [0, 0.1) is 0 Å². The van der Waals surface area contributed by atoms with Gasteiger partial charge in [-0.1, -0.05) is 18.2 Å². The van der Waals surface area contributed by atoms with Crippen molar-refractivity contribution in [1.82, 2.24) is 14.6 Å². The topological polar surface area (TPSA) is 99.3 Å². The molecule has 0 bridgehead atoms. The number of aromatic nitrogens is 1. The number of rotatable bonds is 3. The van der Waals surface area contributed by atoms with Crippen molar-refractivity contribution in [3.8, 4) is 0 Å². The molecule has 0 aliphatic carbocycles. The van der Waals surface area contributed by atoms with Gasteiger partial charge in [-0.05, 0) is 30.4 Å². The minimum atomic E-state index is -3.27. The molecule has 2 N–H and O–H groups in total. The first-order valence-corrected chi connectivity index (χ1v) is 9.57. The van der Waals surface area contributed by atoms with Crippen LogP contribution >= 0.6 is 0 Å². The summed E-state index contributed by atoms with van der Waals surface area (Å²) in [5, 5.41) is 4.02. The molecule has 1 aliphatic heterocycles. The van der Waals surface area contributed by atoms with Crippen LogP contribution in [0.25, 0.3) is 10.8 Å². The zero-order valence-corrected chi connectivity index (χ0v) is 14.1. The number of nitrogens with zero attached hydrogens (tertiary/aromatic N) is 1. The maximum Gasteiger partial charge on any atom is 0.268 e. The number of pyridine rings is 1. The number of aromatic amines is 1. The van der Waals surface area contributed by atoms with Crippen LogP contribution in [-0.2, 0) is 10.0 Å². The summed E-state index contributed by atoms with van der Waals surface area (Å²) >= 11 is 0. The predicted molar refractivity (Wildman–Crippen MR) is 91.5 cm³/mol. The maximum atomic E-state index is 12.4. The summed E-state index contributed by atoms with van der Waals surface area (Å²) in [5.74, 6) is -0.404. The summed E-state index contributed by atoms with van der Waals surface area (Å²) in [4.78, 5) is 27.1. The Hall–Kier alpha value is -2.19. The molecule has 1 atom stereocenters. The Balaban J connectivity index is 1.79. The van der Waals surface area contributed by atoms with Gasteiger partial charge in [0, 0.05) is 24.5 Å². The third-order valence-electron chi connectivity index (χ3n) is 4.19. The molecule has 1 aromatic heterocycles. The minimum absolute atomic E-state index is 0.176. The number of piperidine rings is 1. The van der Waals surface area contributed by atoms with Gasteiger partial charge >= 0.3 is 0 Å². The quantitative estimate of drug-likeness (QED) is 0.851. The van der Waals surface area contributed by atoms with Gasteiger partial charge in [-0.25, -0.2) is 12.7 Å². The first kappa shape index (κ1) is 16.7. The highest BCUT2D eigenvalue weighted by atomic mass is 32.2. The lowest BCUT2D eigenvalue weighted by molar-refractivity contribution is 0.0916. The van der Waals surface area contributed by atoms with Crippen LogP contribution in [0.5, 0.6) is 0 Å². The number of benzene rings is 1. The monoisotopic (exact) mass is 349 g/mol. The average Bonchev–Trinajstić information content (AvgIpc) is 2.54. The summed E-state index contributed by atoms with van der Waals surface area (Å²) in [6, 6.07) is 8.39. The molecule has 0 spiro atoms. The zero-order valence-electron chi connectivity index (χ0n) is 13.3. The summed E-state index contributed by atoms with van der Waals surface area (Å²) in [7, 11) is -3.27. The molecule has 3 rings (SSSR count). The molecule has 1 saturated heterocycles. The molecule has 1 aliphatic rings. The third-order valence-corrected chi connectivity index (χ3v) is 5.46. The van der Waals surface area contributed by atoms with E-state index in [4.69, 9.17) is 0 Å². The molecule has 24 heavy (non-hydrogen) atoms. The van der Waals surface area contributed by atoms with Gasteiger partial charge in [0.2, 0.25) is 10.0 Å². The van der Waals surface area contributed by atoms with Crippen LogP contribution < -0.4 is 10.9 Å². The number of carbonyl (C=O) groups excluding carboxylic acids is 1. The van der Waals surface area contributed by atoms with Crippen LogP contribution in [-0.4, -0.2) is 49.0 Å². The molecule has 1 amide bonds. The van der Waals surface area contributed by atoms with Crippen LogP contribution in [0.2, 0.25) is 0 Å².